The average molecular weight is 447 g/mol. The molecule has 1 aliphatic heterocycles. The predicted octanol–water partition coefficient (Wildman–Crippen LogP) is 3.42. The van der Waals surface area contributed by atoms with Crippen molar-refractivity contribution in [3.63, 3.8) is 0 Å². The Morgan fingerprint density at radius 3 is 2.45 bits per heavy atom. The lowest BCUT2D eigenvalue weighted by molar-refractivity contribution is 0.183. The normalized spacial score (nSPS) is 13.8. The summed E-state index contributed by atoms with van der Waals surface area (Å²) in [6.45, 7) is 3.90. The minimum Gasteiger partial charge on any atom is -0.492 e. The molecule has 170 valence electrons. The number of hydrogen-bond acceptors (Lipinski definition) is 8. The van der Waals surface area contributed by atoms with Crippen LogP contribution in [0.3, 0.4) is 0 Å². The number of nitrogens with zero attached hydrogens (tertiary/aromatic N) is 5. The number of likely N-dealkylation sites (tertiary alicyclic amines) is 1. The number of hydrogen-bond donors (Lipinski definition) is 3. The number of ether oxygens (including phenoxy) is 1. The van der Waals surface area contributed by atoms with Crippen molar-refractivity contribution in [1.29, 1.82) is 5.26 Å². The monoisotopic (exact) mass is 446 g/mol. The summed E-state index contributed by atoms with van der Waals surface area (Å²) in [6, 6.07) is 15.4. The number of nitrogen functional groups attached to an aromatic ring is 1. The fourth-order valence-corrected chi connectivity index (χ4v) is 3.57. The van der Waals surface area contributed by atoms with Crippen LogP contribution in [0.2, 0.25) is 0 Å². The molecule has 4 N–H and O–H groups in total. The molecule has 1 amide bonds. The molecule has 2 aromatic carbocycles. The van der Waals surface area contributed by atoms with Crippen LogP contribution in [0.1, 0.15) is 24.8 Å². The van der Waals surface area contributed by atoms with Crippen LogP contribution in [-0.2, 0) is 0 Å². The first-order valence-electron chi connectivity index (χ1n) is 10.9. The molecule has 0 saturated carbocycles. The van der Waals surface area contributed by atoms with E-state index in [9.17, 15) is 4.79 Å². The van der Waals surface area contributed by atoms with Crippen molar-refractivity contribution >= 4 is 29.3 Å². The number of benzene rings is 2. The maximum atomic E-state index is 12.5. The van der Waals surface area contributed by atoms with Crippen molar-refractivity contribution < 1.29 is 9.53 Å². The number of carbonyl (C=O) groups excluding carboxylic acids is 1. The van der Waals surface area contributed by atoms with Gasteiger partial charge in [-0.2, -0.15) is 10.2 Å². The van der Waals surface area contributed by atoms with Gasteiger partial charge in [0.1, 0.15) is 12.4 Å². The highest BCUT2D eigenvalue weighted by molar-refractivity contribution is 5.92. The zero-order chi connectivity index (χ0) is 23.0. The number of piperidine rings is 1. The standard InChI is InChI=1S/C23H26N8O2/c24-16-17-4-6-19(7-5-17)27-23(32)31-21(25)28-22(29-31)26-18-8-10-20(11-9-18)33-15-14-30-12-2-1-3-13-30/h4-11H,1-3,12-15H2,(H,27,32)(H3,25,26,28,29). The Kier molecular flexibility index (Phi) is 7.02. The van der Waals surface area contributed by atoms with E-state index in [1.807, 2.05) is 30.3 Å². The van der Waals surface area contributed by atoms with Crippen LogP contribution in [0.15, 0.2) is 48.5 Å². The second kappa shape index (κ2) is 10.5. The van der Waals surface area contributed by atoms with Crippen molar-refractivity contribution in [3.05, 3.63) is 54.1 Å². The Bertz CT molecular complexity index is 1110. The molecule has 0 radical (unpaired) electrons. The van der Waals surface area contributed by atoms with Crippen LogP contribution in [0.4, 0.5) is 28.1 Å². The van der Waals surface area contributed by atoms with Gasteiger partial charge in [0, 0.05) is 17.9 Å². The van der Waals surface area contributed by atoms with Crippen molar-refractivity contribution in [3.8, 4) is 11.8 Å². The number of anilines is 4. The summed E-state index contributed by atoms with van der Waals surface area (Å²) >= 11 is 0. The number of nitrogens with two attached hydrogens (primary N) is 1. The van der Waals surface area contributed by atoms with E-state index >= 15 is 0 Å². The number of rotatable bonds is 7. The van der Waals surface area contributed by atoms with E-state index in [2.05, 4.69) is 25.6 Å². The Balaban J connectivity index is 1.30. The summed E-state index contributed by atoms with van der Waals surface area (Å²) in [7, 11) is 0. The van der Waals surface area contributed by atoms with E-state index in [1.54, 1.807) is 24.3 Å². The van der Waals surface area contributed by atoms with Gasteiger partial charge in [0.05, 0.1) is 11.6 Å². The molecule has 0 aliphatic carbocycles. The Labute approximate surface area is 192 Å². The number of carbonyl (C=O) groups is 1. The summed E-state index contributed by atoms with van der Waals surface area (Å²) in [6.07, 6.45) is 3.86. The highest BCUT2D eigenvalue weighted by atomic mass is 16.5. The SMILES string of the molecule is N#Cc1ccc(NC(=O)n2nc(Nc3ccc(OCCN4CCCCC4)cc3)nc2N)cc1. The third-order valence-electron chi connectivity index (χ3n) is 5.33. The third-order valence-corrected chi connectivity index (χ3v) is 5.33. The zero-order valence-electron chi connectivity index (χ0n) is 18.2. The van der Waals surface area contributed by atoms with Gasteiger partial charge in [0.25, 0.3) is 0 Å². The van der Waals surface area contributed by atoms with E-state index in [1.165, 1.54) is 19.3 Å². The van der Waals surface area contributed by atoms with Gasteiger partial charge in [-0.25, -0.2) is 4.79 Å². The number of aromatic nitrogens is 3. The first kappa shape index (κ1) is 22.1. The summed E-state index contributed by atoms with van der Waals surface area (Å²) in [4.78, 5) is 19.0. The highest BCUT2D eigenvalue weighted by Crippen LogP contribution is 2.19. The molecule has 3 aromatic rings. The summed E-state index contributed by atoms with van der Waals surface area (Å²) < 4.78 is 6.82. The number of amides is 1. The first-order chi connectivity index (χ1) is 16.1. The summed E-state index contributed by atoms with van der Waals surface area (Å²) in [5.41, 5.74) is 7.61. The Morgan fingerprint density at radius 2 is 1.76 bits per heavy atom. The van der Waals surface area contributed by atoms with Crippen LogP contribution in [0, 0.1) is 11.3 Å². The average Bonchev–Trinajstić information content (AvgIpc) is 3.21. The van der Waals surface area contributed by atoms with Gasteiger partial charge in [0.15, 0.2) is 0 Å². The Morgan fingerprint density at radius 1 is 1.06 bits per heavy atom. The van der Waals surface area contributed by atoms with E-state index in [4.69, 9.17) is 15.7 Å². The minimum atomic E-state index is -0.560. The van der Waals surface area contributed by atoms with Crippen LogP contribution in [-0.4, -0.2) is 51.9 Å². The molecule has 4 rings (SSSR count). The number of nitrogens with one attached hydrogen (secondary N) is 2. The lowest BCUT2D eigenvalue weighted by Gasteiger charge is -2.26. The van der Waals surface area contributed by atoms with Gasteiger partial charge in [-0.3, -0.25) is 4.90 Å². The van der Waals surface area contributed by atoms with Gasteiger partial charge in [0.2, 0.25) is 11.9 Å². The molecule has 0 bridgehead atoms. The maximum absolute atomic E-state index is 12.5. The van der Waals surface area contributed by atoms with Crippen LogP contribution >= 0.6 is 0 Å². The van der Waals surface area contributed by atoms with E-state index in [0.29, 0.717) is 17.9 Å². The van der Waals surface area contributed by atoms with Crippen LogP contribution in [0.5, 0.6) is 5.75 Å². The molecule has 1 aromatic heterocycles. The highest BCUT2D eigenvalue weighted by Gasteiger charge is 2.15. The molecule has 33 heavy (non-hydrogen) atoms. The minimum absolute atomic E-state index is 0.0543. The molecule has 0 atom stereocenters. The second-order valence-electron chi connectivity index (χ2n) is 7.72. The van der Waals surface area contributed by atoms with Gasteiger partial charge in [-0.15, -0.1) is 9.78 Å². The fraction of sp³-hybridized carbons (Fsp3) is 0.304. The molecule has 1 fully saturated rings. The Hall–Kier alpha value is -4.10. The van der Waals surface area contributed by atoms with E-state index < -0.39 is 6.03 Å². The first-order valence-corrected chi connectivity index (χ1v) is 10.9. The molecule has 10 nitrogen and oxygen atoms in total. The van der Waals surface area contributed by atoms with Crippen molar-refractivity contribution in [2.24, 2.45) is 0 Å². The smallest absolute Gasteiger partial charge is 0.349 e. The van der Waals surface area contributed by atoms with Gasteiger partial charge >= 0.3 is 6.03 Å². The quantitative estimate of drug-likeness (QED) is 0.503. The topological polar surface area (TPSA) is 134 Å². The summed E-state index contributed by atoms with van der Waals surface area (Å²) in [5.74, 6) is 0.930. The molecular weight excluding hydrogens is 420 g/mol. The fourth-order valence-electron chi connectivity index (χ4n) is 3.57. The summed E-state index contributed by atoms with van der Waals surface area (Å²) in [5, 5.41) is 18.7. The zero-order valence-corrected chi connectivity index (χ0v) is 18.2. The largest absolute Gasteiger partial charge is 0.492 e. The van der Waals surface area contributed by atoms with Crippen molar-refractivity contribution in [1.82, 2.24) is 19.7 Å². The van der Waals surface area contributed by atoms with Crippen LogP contribution < -0.4 is 21.1 Å². The predicted molar refractivity (Wildman–Crippen MR) is 126 cm³/mol. The molecule has 0 unspecified atom stereocenters. The molecule has 10 heteroatoms. The third kappa shape index (κ3) is 5.99. The van der Waals surface area contributed by atoms with Gasteiger partial charge in [-0.05, 0) is 74.5 Å². The molecule has 2 heterocycles. The number of nitriles is 1. The van der Waals surface area contributed by atoms with Crippen LogP contribution in [0.25, 0.3) is 0 Å². The van der Waals surface area contributed by atoms with Gasteiger partial charge < -0.3 is 21.1 Å². The lowest BCUT2D eigenvalue weighted by atomic mass is 10.1. The molecular formula is C23H26N8O2. The van der Waals surface area contributed by atoms with Crippen molar-refractivity contribution in [2.75, 3.05) is 42.6 Å². The lowest BCUT2D eigenvalue weighted by Crippen LogP contribution is -2.33. The molecule has 1 saturated heterocycles. The van der Waals surface area contributed by atoms with E-state index in [-0.39, 0.29) is 11.9 Å². The maximum Gasteiger partial charge on any atom is 0.349 e. The molecule has 0 spiro atoms. The molecule has 1 aliphatic rings. The second-order valence-corrected chi connectivity index (χ2v) is 7.72. The van der Waals surface area contributed by atoms with Crippen molar-refractivity contribution in [2.45, 2.75) is 19.3 Å². The van der Waals surface area contributed by atoms with Gasteiger partial charge in [-0.1, -0.05) is 6.42 Å². The van der Waals surface area contributed by atoms with E-state index in [0.717, 1.165) is 35.8 Å².